The van der Waals surface area contributed by atoms with Crippen LogP contribution in [0.2, 0.25) is 0 Å². The zero-order valence-electron chi connectivity index (χ0n) is 20.9. The van der Waals surface area contributed by atoms with Gasteiger partial charge in [0.05, 0.1) is 24.5 Å². The minimum Gasteiger partial charge on any atom is -0.495 e. The van der Waals surface area contributed by atoms with Crippen molar-refractivity contribution in [3.05, 3.63) is 45.8 Å². The van der Waals surface area contributed by atoms with Crippen LogP contribution in [0.3, 0.4) is 0 Å². The molecule has 1 aliphatic heterocycles. The van der Waals surface area contributed by atoms with E-state index in [1.807, 2.05) is 38.1 Å². The molecule has 3 aromatic rings. The van der Waals surface area contributed by atoms with E-state index in [-0.39, 0.29) is 41.9 Å². The third-order valence-electron chi connectivity index (χ3n) is 6.40. The lowest BCUT2D eigenvalue weighted by molar-refractivity contribution is -0.122. The second kappa shape index (κ2) is 10.6. The maximum Gasteiger partial charge on any atom is 0.263 e. The van der Waals surface area contributed by atoms with E-state index >= 15 is 0 Å². The van der Waals surface area contributed by atoms with E-state index in [2.05, 4.69) is 15.2 Å². The lowest BCUT2D eigenvalue weighted by Gasteiger charge is -2.35. The molecule has 0 aliphatic carbocycles. The van der Waals surface area contributed by atoms with Crippen molar-refractivity contribution in [1.29, 1.82) is 0 Å². The minimum absolute atomic E-state index is 0.0116. The summed E-state index contributed by atoms with van der Waals surface area (Å²) in [5.41, 5.74) is 0.381. The molecule has 2 aromatic heterocycles. The van der Waals surface area contributed by atoms with Crippen LogP contribution in [0, 0.1) is 6.92 Å². The fourth-order valence-electron chi connectivity index (χ4n) is 4.30. The van der Waals surface area contributed by atoms with Gasteiger partial charge in [-0.2, -0.15) is 4.31 Å². The summed E-state index contributed by atoms with van der Waals surface area (Å²) in [5, 5.41) is 2.86. The number of hydrogen-bond donors (Lipinski definition) is 1. The van der Waals surface area contributed by atoms with Gasteiger partial charge in [-0.1, -0.05) is 19.1 Å². The van der Waals surface area contributed by atoms with Gasteiger partial charge in [0.15, 0.2) is 0 Å². The Hall–Kier alpha value is -2.96. The number of carbonyl (C=O) groups is 1. The number of amides is 1. The zero-order valence-corrected chi connectivity index (χ0v) is 22.5. The molecule has 12 heteroatoms. The van der Waals surface area contributed by atoms with Gasteiger partial charge in [-0.3, -0.25) is 14.2 Å². The van der Waals surface area contributed by atoms with Gasteiger partial charge < -0.3 is 15.0 Å². The van der Waals surface area contributed by atoms with Gasteiger partial charge in [-0.25, -0.2) is 13.4 Å². The van der Waals surface area contributed by atoms with Crippen molar-refractivity contribution in [3.8, 4) is 5.75 Å². The number of para-hydroxylation sites is 2. The fraction of sp³-hybridized carbons (Fsp3) is 0.458. The number of nitrogens with one attached hydrogen (secondary N) is 1. The highest BCUT2D eigenvalue weighted by Gasteiger charge is 2.34. The lowest BCUT2D eigenvalue weighted by atomic mass is 10.2. The summed E-state index contributed by atoms with van der Waals surface area (Å²) in [5.74, 6) is 0.411. The van der Waals surface area contributed by atoms with Crippen molar-refractivity contribution >= 4 is 43.2 Å². The van der Waals surface area contributed by atoms with E-state index in [9.17, 15) is 18.0 Å². The Morgan fingerprint density at radius 2 is 1.92 bits per heavy atom. The van der Waals surface area contributed by atoms with E-state index in [4.69, 9.17) is 4.74 Å². The smallest absolute Gasteiger partial charge is 0.263 e. The number of thiophene rings is 1. The van der Waals surface area contributed by atoms with Crippen LogP contribution < -0.4 is 20.5 Å². The van der Waals surface area contributed by atoms with Crippen LogP contribution in [0.1, 0.15) is 25.1 Å². The number of piperazine rings is 1. The highest BCUT2D eigenvalue weighted by Crippen LogP contribution is 2.34. The molecule has 0 spiro atoms. The van der Waals surface area contributed by atoms with Crippen LogP contribution in [0.25, 0.3) is 10.2 Å². The first-order chi connectivity index (χ1) is 17.2. The number of nitrogens with zero attached hydrogens (tertiary/aromatic N) is 4. The number of sulfonamides is 1. The summed E-state index contributed by atoms with van der Waals surface area (Å²) in [6, 6.07) is 7.61. The van der Waals surface area contributed by atoms with Crippen molar-refractivity contribution in [2.75, 3.05) is 38.2 Å². The average molecular weight is 534 g/mol. The van der Waals surface area contributed by atoms with Crippen LogP contribution in [-0.4, -0.2) is 67.5 Å². The molecule has 1 N–H and O–H groups in total. The number of rotatable bonds is 8. The maximum absolute atomic E-state index is 13.8. The molecule has 1 amide bonds. The lowest BCUT2D eigenvalue weighted by Crippen LogP contribution is -2.49. The van der Waals surface area contributed by atoms with E-state index in [1.54, 1.807) is 14.0 Å². The van der Waals surface area contributed by atoms with E-state index < -0.39 is 15.6 Å². The number of fused-ring (bicyclic) bond motifs is 1. The first-order valence-electron chi connectivity index (χ1n) is 11.8. The molecule has 36 heavy (non-hydrogen) atoms. The summed E-state index contributed by atoms with van der Waals surface area (Å²) < 4.78 is 35.5. The Morgan fingerprint density at radius 3 is 2.58 bits per heavy atom. The first kappa shape index (κ1) is 26.1. The highest BCUT2D eigenvalue weighted by molar-refractivity contribution is 7.89. The minimum atomic E-state index is -3.96. The number of hydrogen-bond acceptors (Lipinski definition) is 8. The van der Waals surface area contributed by atoms with Crippen molar-refractivity contribution in [2.45, 2.75) is 44.7 Å². The van der Waals surface area contributed by atoms with Crippen LogP contribution in [0.15, 0.2) is 40.3 Å². The van der Waals surface area contributed by atoms with Crippen LogP contribution in [-0.2, 0) is 21.4 Å². The van der Waals surface area contributed by atoms with Crippen LogP contribution in [0.5, 0.6) is 5.75 Å². The molecule has 1 atom stereocenters. The number of benzene rings is 1. The summed E-state index contributed by atoms with van der Waals surface area (Å²) in [6.45, 7) is 6.79. The molecule has 10 nitrogen and oxygen atoms in total. The highest BCUT2D eigenvalue weighted by atomic mass is 32.2. The Labute approximate surface area is 214 Å². The fourth-order valence-corrected chi connectivity index (χ4v) is 7.39. The SMILES string of the molecule is CC[C@H](C)NC(=O)Cn1cnc2sc(C)c(S(=O)(=O)N3CCN(c4ccccc4OC)CC3)c2c1=O. The second-order valence-electron chi connectivity index (χ2n) is 8.78. The molecule has 4 rings (SSSR count). The number of ether oxygens (including phenoxy) is 1. The average Bonchev–Trinajstić information content (AvgIpc) is 3.23. The van der Waals surface area contributed by atoms with Gasteiger partial charge in [0.2, 0.25) is 15.9 Å². The van der Waals surface area contributed by atoms with E-state index in [0.29, 0.717) is 22.8 Å². The predicted octanol–water partition coefficient (Wildman–Crippen LogP) is 2.20. The molecule has 0 bridgehead atoms. The molecular weight excluding hydrogens is 502 g/mol. The second-order valence-corrected chi connectivity index (χ2v) is 11.9. The van der Waals surface area contributed by atoms with Gasteiger partial charge in [0.25, 0.3) is 5.56 Å². The van der Waals surface area contributed by atoms with Crippen molar-refractivity contribution in [1.82, 2.24) is 19.2 Å². The molecule has 1 aliphatic rings. The molecule has 3 heterocycles. The number of carbonyl (C=O) groups excluding carboxylic acids is 1. The molecule has 194 valence electrons. The largest absolute Gasteiger partial charge is 0.495 e. The summed E-state index contributed by atoms with van der Waals surface area (Å²) in [7, 11) is -2.35. The first-order valence-corrected chi connectivity index (χ1v) is 14.1. The number of aromatic nitrogens is 2. The van der Waals surface area contributed by atoms with Crippen molar-refractivity contribution in [2.24, 2.45) is 0 Å². The van der Waals surface area contributed by atoms with Gasteiger partial charge in [0, 0.05) is 37.1 Å². The van der Waals surface area contributed by atoms with Crippen LogP contribution in [0.4, 0.5) is 5.69 Å². The molecule has 0 unspecified atom stereocenters. The quantitative estimate of drug-likeness (QED) is 0.472. The van der Waals surface area contributed by atoms with Crippen molar-refractivity contribution in [3.63, 3.8) is 0 Å². The van der Waals surface area contributed by atoms with Gasteiger partial charge in [-0.05, 0) is 32.4 Å². The Balaban J connectivity index is 1.61. The monoisotopic (exact) mass is 533 g/mol. The Morgan fingerprint density at radius 1 is 1.22 bits per heavy atom. The molecular formula is C24H31N5O5S2. The summed E-state index contributed by atoms with van der Waals surface area (Å²) in [6.07, 6.45) is 2.06. The number of methoxy groups -OCH3 is 1. The molecule has 1 aromatic carbocycles. The third kappa shape index (κ3) is 4.97. The predicted molar refractivity (Wildman–Crippen MR) is 140 cm³/mol. The Kier molecular flexibility index (Phi) is 7.67. The van der Waals surface area contributed by atoms with E-state index in [0.717, 1.165) is 17.9 Å². The maximum atomic E-state index is 13.8. The van der Waals surface area contributed by atoms with Gasteiger partial charge in [-0.15, -0.1) is 11.3 Å². The van der Waals surface area contributed by atoms with E-state index in [1.165, 1.54) is 26.5 Å². The van der Waals surface area contributed by atoms with Gasteiger partial charge in [0.1, 0.15) is 22.0 Å². The summed E-state index contributed by atoms with van der Waals surface area (Å²) in [4.78, 5) is 32.9. The number of anilines is 1. The zero-order chi connectivity index (χ0) is 26.0. The third-order valence-corrected chi connectivity index (χ3v) is 9.61. The standard InChI is InChI=1S/C24H31N5O5S2/c1-5-16(2)26-20(30)14-28-15-25-23-21(24(28)31)22(17(3)35-23)36(32,33)29-12-10-27(11-13-29)18-8-6-7-9-19(18)34-4/h6-9,15-16H,5,10-14H2,1-4H3,(H,26,30)/t16-/m0/s1. The molecule has 1 saturated heterocycles. The molecule has 1 fully saturated rings. The normalized spacial score (nSPS) is 15.7. The van der Waals surface area contributed by atoms with Crippen molar-refractivity contribution < 1.29 is 17.9 Å². The van der Waals surface area contributed by atoms with Crippen LogP contribution >= 0.6 is 11.3 Å². The molecule has 0 saturated carbocycles. The van der Waals surface area contributed by atoms with Gasteiger partial charge >= 0.3 is 0 Å². The molecule has 0 radical (unpaired) electrons. The Bertz CT molecular complexity index is 1420. The summed E-state index contributed by atoms with van der Waals surface area (Å²) >= 11 is 1.17. The topological polar surface area (TPSA) is 114 Å². The number of aryl methyl sites for hydroxylation is 1.